The van der Waals surface area contributed by atoms with E-state index in [0.29, 0.717) is 11.8 Å². The minimum absolute atomic E-state index is 0.151. The number of H-pyrrole nitrogens is 1. The van der Waals surface area contributed by atoms with Crippen molar-refractivity contribution in [2.24, 2.45) is 17.6 Å². The maximum absolute atomic E-state index is 11.9. The zero-order chi connectivity index (χ0) is 14.2. The van der Waals surface area contributed by atoms with Gasteiger partial charge in [-0.1, -0.05) is 13.8 Å². The summed E-state index contributed by atoms with van der Waals surface area (Å²) in [5.41, 5.74) is 8.99. The molecule has 1 aromatic rings. The summed E-state index contributed by atoms with van der Waals surface area (Å²) in [5.74, 6) is 1.16. The lowest BCUT2D eigenvalue weighted by atomic mass is 9.92. The first-order valence-electron chi connectivity index (χ1n) is 7.05. The van der Waals surface area contributed by atoms with Crippen LogP contribution in [-0.4, -0.2) is 29.0 Å². The highest BCUT2D eigenvalue weighted by Crippen LogP contribution is 2.24. The average molecular weight is 263 g/mol. The number of hydrogen-bond donors (Lipinski definition) is 2. The number of hydrogen-bond acceptors (Lipinski definition) is 3. The van der Waals surface area contributed by atoms with Crippen molar-refractivity contribution in [3.8, 4) is 0 Å². The van der Waals surface area contributed by atoms with Crippen LogP contribution in [0.2, 0.25) is 0 Å². The number of pyridine rings is 1. The fourth-order valence-electron chi connectivity index (χ4n) is 2.97. The molecule has 0 aromatic carbocycles. The molecule has 1 aromatic heterocycles. The van der Waals surface area contributed by atoms with Crippen molar-refractivity contribution in [1.29, 1.82) is 0 Å². The van der Waals surface area contributed by atoms with E-state index in [1.165, 1.54) is 0 Å². The van der Waals surface area contributed by atoms with E-state index in [9.17, 15) is 4.79 Å². The third-order valence-electron chi connectivity index (χ3n) is 4.34. The van der Waals surface area contributed by atoms with Crippen LogP contribution in [0, 0.1) is 25.7 Å². The van der Waals surface area contributed by atoms with Crippen LogP contribution >= 0.6 is 0 Å². The first kappa shape index (κ1) is 14.3. The Morgan fingerprint density at radius 2 is 2.11 bits per heavy atom. The number of nitrogens with zero attached hydrogens (tertiary/aromatic N) is 1. The molecule has 106 valence electrons. The number of aryl methyl sites for hydroxylation is 1. The van der Waals surface area contributed by atoms with Crippen molar-refractivity contribution in [3.05, 3.63) is 33.2 Å². The topological polar surface area (TPSA) is 62.1 Å². The predicted octanol–water partition coefficient (Wildman–Crippen LogP) is 1.41. The minimum atomic E-state index is 0.151. The summed E-state index contributed by atoms with van der Waals surface area (Å²) >= 11 is 0. The van der Waals surface area contributed by atoms with Gasteiger partial charge in [0.2, 0.25) is 0 Å². The largest absolute Gasteiger partial charge is 0.363 e. The van der Waals surface area contributed by atoms with E-state index >= 15 is 0 Å². The van der Waals surface area contributed by atoms with Crippen LogP contribution in [0.25, 0.3) is 0 Å². The van der Waals surface area contributed by atoms with Crippen LogP contribution in [0.15, 0.2) is 11.0 Å². The van der Waals surface area contributed by atoms with Crippen LogP contribution in [0.4, 0.5) is 0 Å². The van der Waals surface area contributed by atoms with Gasteiger partial charge in [0.15, 0.2) is 5.43 Å². The van der Waals surface area contributed by atoms with Gasteiger partial charge >= 0.3 is 0 Å². The van der Waals surface area contributed by atoms with E-state index in [1.807, 2.05) is 13.8 Å². The number of aromatic amines is 1. The number of aromatic nitrogens is 1. The Hall–Kier alpha value is -1.13. The third kappa shape index (κ3) is 2.90. The second kappa shape index (κ2) is 5.47. The molecule has 1 fully saturated rings. The Bertz CT molecular complexity index is 507. The van der Waals surface area contributed by atoms with Gasteiger partial charge in [-0.2, -0.15) is 0 Å². The van der Waals surface area contributed by atoms with Crippen LogP contribution in [0.1, 0.15) is 30.7 Å². The molecule has 0 bridgehead atoms. The molecule has 1 aliphatic rings. The summed E-state index contributed by atoms with van der Waals surface area (Å²) in [6, 6.07) is 0.248. The van der Waals surface area contributed by atoms with Gasteiger partial charge in [0.25, 0.3) is 0 Å². The predicted molar refractivity (Wildman–Crippen MR) is 78.1 cm³/mol. The van der Waals surface area contributed by atoms with Gasteiger partial charge in [-0.05, 0) is 25.7 Å². The number of nitrogens with two attached hydrogens (primary N) is 1. The molecule has 0 amide bonds. The molecule has 0 radical (unpaired) electrons. The van der Waals surface area contributed by atoms with Gasteiger partial charge in [-0.15, -0.1) is 0 Å². The van der Waals surface area contributed by atoms with Crippen molar-refractivity contribution >= 4 is 0 Å². The quantitative estimate of drug-likeness (QED) is 0.866. The molecule has 2 rings (SSSR count). The maximum Gasteiger partial charge on any atom is 0.187 e. The molecule has 1 aliphatic heterocycles. The van der Waals surface area contributed by atoms with E-state index in [4.69, 9.17) is 5.73 Å². The lowest BCUT2D eigenvalue weighted by Gasteiger charge is -2.19. The third-order valence-corrected chi connectivity index (χ3v) is 4.34. The van der Waals surface area contributed by atoms with Gasteiger partial charge in [-0.25, -0.2) is 0 Å². The molecule has 3 N–H and O–H groups in total. The molecule has 2 atom stereocenters. The number of likely N-dealkylation sites (tertiary alicyclic amines) is 1. The van der Waals surface area contributed by atoms with Gasteiger partial charge < -0.3 is 10.7 Å². The Morgan fingerprint density at radius 1 is 1.42 bits per heavy atom. The van der Waals surface area contributed by atoms with Gasteiger partial charge in [0, 0.05) is 48.7 Å². The summed E-state index contributed by atoms with van der Waals surface area (Å²) in [6.45, 7) is 10.9. The summed E-state index contributed by atoms with van der Waals surface area (Å²) in [4.78, 5) is 17.5. The number of nitrogens with one attached hydrogen (secondary N) is 1. The Kier molecular flexibility index (Phi) is 4.11. The molecular weight excluding hydrogens is 238 g/mol. The lowest BCUT2D eigenvalue weighted by molar-refractivity contribution is 0.293. The van der Waals surface area contributed by atoms with Crippen LogP contribution in [0.3, 0.4) is 0 Å². The van der Waals surface area contributed by atoms with Crippen molar-refractivity contribution in [2.75, 3.05) is 13.1 Å². The van der Waals surface area contributed by atoms with Crippen molar-refractivity contribution < 1.29 is 0 Å². The van der Waals surface area contributed by atoms with Gasteiger partial charge in [-0.3, -0.25) is 9.69 Å². The summed E-state index contributed by atoms with van der Waals surface area (Å²) in [6.07, 6.45) is 1.81. The zero-order valence-electron chi connectivity index (χ0n) is 12.4. The molecule has 0 spiro atoms. The summed E-state index contributed by atoms with van der Waals surface area (Å²) in [7, 11) is 0. The molecule has 2 heterocycles. The SMILES string of the molecule is Cc1c[nH]c(CN2CC(N)C(C(C)C)C2)c(C)c1=O. The molecule has 1 saturated heterocycles. The van der Waals surface area contributed by atoms with E-state index < -0.39 is 0 Å². The van der Waals surface area contributed by atoms with E-state index in [0.717, 1.165) is 36.5 Å². The Morgan fingerprint density at radius 3 is 2.68 bits per heavy atom. The molecule has 19 heavy (non-hydrogen) atoms. The second-order valence-electron chi connectivity index (χ2n) is 6.17. The zero-order valence-corrected chi connectivity index (χ0v) is 12.4. The summed E-state index contributed by atoms with van der Waals surface area (Å²) < 4.78 is 0. The van der Waals surface area contributed by atoms with Crippen LogP contribution in [-0.2, 0) is 6.54 Å². The highest BCUT2D eigenvalue weighted by Gasteiger charge is 2.32. The molecular formula is C15H25N3O. The highest BCUT2D eigenvalue weighted by molar-refractivity contribution is 5.23. The maximum atomic E-state index is 11.9. The Labute approximate surface area is 115 Å². The number of rotatable bonds is 3. The van der Waals surface area contributed by atoms with Crippen molar-refractivity contribution in [2.45, 2.75) is 40.3 Å². The van der Waals surface area contributed by atoms with Gasteiger partial charge in [0.1, 0.15) is 0 Å². The Balaban J connectivity index is 2.11. The first-order chi connectivity index (χ1) is 8.90. The first-order valence-corrected chi connectivity index (χ1v) is 7.05. The second-order valence-corrected chi connectivity index (χ2v) is 6.17. The summed E-state index contributed by atoms with van der Waals surface area (Å²) in [5, 5.41) is 0. The molecule has 2 unspecified atom stereocenters. The van der Waals surface area contributed by atoms with E-state index in [-0.39, 0.29) is 11.5 Å². The fourth-order valence-corrected chi connectivity index (χ4v) is 2.97. The lowest BCUT2D eigenvalue weighted by Crippen LogP contribution is -2.32. The van der Waals surface area contributed by atoms with Gasteiger partial charge in [0.05, 0.1) is 0 Å². The molecule has 0 saturated carbocycles. The normalized spacial score (nSPS) is 24.3. The highest BCUT2D eigenvalue weighted by atomic mass is 16.1. The average Bonchev–Trinajstić information content (AvgIpc) is 2.71. The van der Waals surface area contributed by atoms with Crippen LogP contribution in [0.5, 0.6) is 0 Å². The molecule has 0 aliphatic carbocycles. The van der Waals surface area contributed by atoms with E-state index in [1.54, 1.807) is 6.20 Å². The standard InChI is InChI=1S/C15H25N3O/c1-9(2)12-6-18(7-13(12)16)8-14-11(4)15(19)10(3)5-17-14/h5,9,12-13H,6-8,16H2,1-4H3,(H,17,19). The van der Waals surface area contributed by atoms with Crippen molar-refractivity contribution in [3.63, 3.8) is 0 Å². The van der Waals surface area contributed by atoms with E-state index in [2.05, 4.69) is 23.7 Å². The van der Waals surface area contributed by atoms with Crippen LogP contribution < -0.4 is 11.2 Å². The smallest absolute Gasteiger partial charge is 0.187 e. The molecule has 4 heteroatoms. The van der Waals surface area contributed by atoms with Crippen molar-refractivity contribution in [1.82, 2.24) is 9.88 Å². The molecule has 4 nitrogen and oxygen atoms in total. The minimum Gasteiger partial charge on any atom is -0.363 e. The monoisotopic (exact) mass is 263 g/mol. The fraction of sp³-hybridized carbons (Fsp3) is 0.667.